The first-order valence-electron chi connectivity index (χ1n) is 7.90. The number of likely N-dealkylation sites (tertiary alicyclic amines) is 1. The normalized spacial score (nSPS) is 18.3. The van der Waals surface area contributed by atoms with Gasteiger partial charge in [0.25, 0.3) is 0 Å². The van der Waals surface area contributed by atoms with Gasteiger partial charge < -0.3 is 14.4 Å². The molecule has 0 spiro atoms. The highest BCUT2D eigenvalue weighted by atomic mass is 35.5. The average molecular weight is 390 g/mol. The second-order valence-corrected chi connectivity index (χ2v) is 6.64. The molecule has 6 nitrogen and oxygen atoms in total. The van der Waals surface area contributed by atoms with Gasteiger partial charge in [0, 0.05) is 25.5 Å². The molecular formula is C16H15ClF3N3O3. The first kappa shape index (κ1) is 18.5. The number of halogens is 4. The van der Waals surface area contributed by atoms with Crippen molar-refractivity contribution in [1.82, 2.24) is 14.3 Å². The lowest BCUT2D eigenvalue weighted by molar-refractivity contribution is -0.145. The van der Waals surface area contributed by atoms with E-state index in [1.54, 1.807) is 0 Å². The van der Waals surface area contributed by atoms with Crippen LogP contribution >= 0.6 is 11.6 Å². The number of imidazole rings is 1. The van der Waals surface area contributed by atoms with Gasteiger partial charge in [-0.05, 0) is 18.9 Å². The number of nitrogens with zero attached hydrogens (tertiary/aromatic N) is 3. The van der Waals surface area contributed by atoms with E-state index >= 15 is 0 Å². The minimum atomic E-state index is -4.54. The Bertz CT molecular complexity index is 866. The van der Waals surface area contributed by atoms with Crippen LogP contribution in [0.4, 0.5) is 13.2 Å². The number of hydrogen-bond acceptors (Lipinski definition) is 3. The number of piperidine rings is 1. The Morgan fingerprint density at radius 3 is 2.73 bits per heavy atom. The van der Waals surface area contributed by atoms with Gasteiger partial charge in [0.05, 0.1) is 28.6 Å². The maximum absolute atomic E-state index is 12.9. The molecule has 2 aromatic heterocycles. The quantitative estimate of drug-likeness (QED) is 0.876. The molecule has 140 valence electrons. The van der Waals surface area contributed by atoms with Crippen molar-refractivity contribution >= 4 is 29.1 Å². The summed E-state index contributed by atoms with van der Waals surface area (Å²) in [6.45, 7) is 0.579. The molecule has 0 radical (unpaired) electrons. The fourth-order valence-electron chi connectivity index (χ4n) is 3.02. The van der Waals surface area contributed by atoms with E-state index in [1.165, 1.54) is 11.1 Å². The highest BCUT2D eigenvalue weighted by Gasteiger charge is 2.32. The molecule has 3 rings (SSSR count). The van der Waals surface area contributed by atoms with Crippen LogP contribution in [0.15, 0.2) is 18.5 Å². The number of carbonyl (C=O) groups excluding carboxylic acids is 1. The summed E-state index contributed by atoms with van der Waals surface area (Å²) in [5.41, 5.74) is -0.510. The maximum atomic E-state index is 12.9. The third kappa shape index (κ3) is 3.77. The zero-order chi connectivity index (χ0) is 19.1. The van der Waals surface area contributed by atoms with Crippen LogP contribution in [-0.2, 0) is 22.2 Å². The predicted octanol–water partition coefficient (Wildman–Crippen LogP) is 2.87. The zero-order valence-corrected chi connectivity index (χ0v) is 14.2. The molecule has 1 unspecified atom stereocenters. The van der Waals surface area contributed by atoms with E-state index in [9.17, 15) is 22.8 Å². The summed E-state index contributed by atoms with van der Waals surface area (Å²) in [5.74, 6) is -1.86. The van der Waals surface area contributed by atoms with E-state index in [2.05, 4.69) is 4.98 Å². The van der Waals surface area contributed by atoms with E-state index in [0.29, 0.717) is 19.4 Å². The number of alkyl halides is 3. The lowest BCUT2D eigenvalue weighted by Crippen LogP contribution is -2.43. The lowest BCUT2D eigenvalue weighted by atomic mass is 9.98. The summed E-state index contributed by atoms with van der Waals surface area (Å²) in [4.78, 5) is 29.1. The zero-order valence-electron chi connectivity index (χ0n) is 13.5. The van der Waals surface area contributed by atoms with Crippen molar-refractivity contribution in [3.63, 3.8) is 0 Å². The smallest absolute Gasteiger partial charge is 0.417 e. The third-order valence-corrected chi connectivity index (χ3v) is 4.62. The molecule has 0 saturated carbocycles. The number of hydrogen-bond donors (Lipinski definition) is 1. The molecule has 10 heteroatoms. The van der Waals surface area contributed by atoms with Gasteiger partial charge in [-0.25, -0.2) is 4.98 Å². The first-order chi connectivity index (χ1) is 12.1. The molecule has 1 fully saturated rings. The number of fused-ring (bicyclic) bond motifs is 1. The fraction of sp³-hybridized carbons (Fsp3) is 0.438. The van der Waals surface area contributed by atoms with Crippen molar-refractivity contribution in [3.8, 4) is 0 Å². The highest BCUT2D eigenvalue weighted by Crippen LogP contribution is 2.32. The second-order valence-electron chi connectivity index (χ2n) is 6.23. The number of carboxylic acid groups (broad SMARTS) is 1. The van der Waals surface area contributed by atoms with Gasteiger partial charge in [-0.15, -0.1) is 0 Å². The largest absolute Gasteiger partial charge is 0.481 e. The Labute approximate surface area is 151 Å². The Balaban J connectivity index is 1.79. The van der Waals surface area contributed by atoms with Crippen LogP contribution in [0, 0.1) is 5.92 Å². The summed E-state index contributed by atoms with van der Waals surface area (Å²) in [6, 6.07) is 0.789. The van der Waals surface area contributed by atoms with Crippen molar-refractivity contribution < 1.29 is 27.9 Å². The number of pyridine rings is 1. The van der Waals surface area contributed by atoms with Crippen molar-refractivity contribution in [2.45, 2.75) is 25.4 Å². The Morgan fingerprint density at radius 2 is 2.08 bits per heavy atom. The van der Waals surface area contributed by atoms with Crippen molar-refractivity contribution in [2.24, 2.45) is 5.92 Å². The maximum Gasteiger partial charge on any atom is 0.417 e. The van der Waals surface area contributed by atoms with Crippen LogP contribution in [0.25, 0.3) is 5.65 Å². The monoisotopic (exact) mass is 389 g/mol. The molecule has 26 heavy (non-hydrogen) atoms. The Morgan fingerprint density at radius 1 is 1.35 bits per heavy atom. The van der Waals surface area contributed by atoms with E-state index in [0.717, 1.165) is 16.7 Å². The molecule has 1 saturated heterocycles. The van der Waals surface area contributed by atoms with Gasteiger partial charge in [0.2, 0.25) is 5.91 Å². The minimum absolute atomic E-state index is 0.126. The molecule has 2 aromatic rings. The standard InChI is InChI=1S/C16H15ClF3N3O3/c17-12-4-10(16(18,19)20)7-23-8-11(21-14(12)23)5-13(24)22-3-1-2-9(6-22)15(25)26/h4,7-9H,1-3,5-6H2,(H,25,26). The molecule has 1 aliphatic rings. The van der Waals surface area contributed by atoms with Gasteiger partial charge in [0.1, 0.15) is 0 Å². The predicted molar refractivity (Wildman–Crippen MR) is 85.8 cm³/mol. The topological polar surface area (TPSA) is 74.9 Å². The van der Waals surface area contributed by atoms with Crippen LogP contribution in [0.1, 0.15) is 24.1 Å². The minimum Gasteiger partial charge on any atom is -0.481 e. The van der Waals surface area contributed by atoms with Crippen molar-refractivity contribution in [2.75, 3.05) is 13.1 Å². The van der Waals surface area contributed by atoms with Gasteiger partial charge in [-0.2, -0.15) is 13.2 Å². The number of carbonyl (C=O) groups is 2. The van der Waals surface area contributed by atoms with Crippen molar-refractivity contribution in [1.29, 1.82) is 0 Å². The molecule has 0 bridgehead atoms. The first-order valence-corrected chi connectivity index (χ1v) is 8.28. The molecule has 0 aliphatic carbocycles. The molecule has 1 amide bonds. The molecule has 3 heterocycles. The van der Waals surface area contributed by atoms with Crippen molar-refractivity contribution in [3.05, 3.63) is 34.7 Å². The molecule has 1 atom stereocenters. The van der Waals surface area contributed by atoms with Crippen LogP contribution < -0.4 is 0 Å². The Hall–Kier alpha value is -2.29. The van der Waals surface area contributed by atoms with Crippen LogP contribution in [-0.4, -0.2) is 44.4 Å². The van der Waals surface area contributed by atoms with E-state index in [-0.39, 0.29) is 35.2 Å². The number of amides is 1. The van der Waals surface area contributed by atoms with Crippen LogP contribution in [0.5, 0.6) is 0 Å². The summed E-state index contributed by atoms with van der Waals surface area (Å²) in [7, 11) is 0. The summed E-state index contributed by atoms with van der Waals surface area (Å²) in [5, 5.41) is 8.92. The number of aliphatic carboxylic acids is 1. The number of rotatable bonds is 3. The summed E-state index contributed by atoms with van der Waals surface area (Å²) < 4.78 is 39.7. The number of aromatic nitrogens is 2. The Kier molecular flexibility index (Phi) is 4.83. The molecular weight excluding hydrogens is 375 g/mol. The second kappa shape index (κ2) is 6.79. The third-order valence-electron chi connectivity index (χ3n) is 4.34. The van der Waals surface area contributed by atoms with E-state index in [4.69, 9.17) is 16.7 Å². The molecule has 0 aromatic carbocycles. The average Bonchev–Trinajstić information content (AvgIpc) is 2.97. The fourth-order valence-corrected chi connectivity index (χ4v) is 3.28. The number of carboxylic acids is 1. The van der Waals surface area contributed by atoms with Crippen LogP contribution in [0.3, 0.4) is 0 Å². The SMILES string of the molecule is O=C(O)C1CCCN(C(=O)Cc2cn3cc(C(F)(F)F)cc(Cl)c3n2)C1. The highest BCUT2D eigenvalue weighted by molar-refractivity contribution is 6.33. The molecule has 1 N–H and O–H groups in total. The van der Waals surface area contributed by atoms with Gasteiger partial charge in [-0.3, -0.25) is 9.59 Å². The van der Waals surface area contributed by atoms with Gasteiger partial charge in [0.15, 0.2) is 5.65 Å². The molecule has 1 aliphatic heterocycles. The summed E-state index contributed by atoms with van der Waals surface area (Å²) >= 11 is 5.88. The van der Waals surface area contributed by atoms with Gasteiger partial charge in [-0.1, -0.05) is 11.6 Å². The summed E-state index contributed by atoms with van der Waals surface area (Å²) in [6.07, 6.45) is -1.38. The van der Waals surface area contributed by atoms with E-state index in [1.807, 2.05) is 0 Å². The van der Waals surface area contributed by atoms with Gasteiger partial charge >= 0.3 is 12.1 Å². The van der Waals surface area contributed by atoms with E-state index < -0.39 is 23.6 Å². The van der Waals surface area contributed by atoms with Crippen LogP contribution in [0.2, 0.25) is 5.02 Å². The lowest BCUT2D eigenvalue weighted by Gasteiger charge is -2.30.